The molecule has 1 rings (SSSR count). The van der Waals surface area contributed by atoms with E-state index >= 15 is 0 Å². The SMILES string of the molecule is CCN(CCCCC(C)(CO)NC)C1CC1. The summed E-state index contributed by atoms with van der Waals surface area (Å²) >= 11 is 0. The predicted octanol–water partition coefficient (Wildman–Crippen LogP) is 1.61. The average molecular weight is 228 g/mol. The number of hydrogen-bond acceptors (Lipinski definition) is 3. The van der Waals surface area contributed by atoms with Crippen LogP contribution in [0.4, 0.5) is 0 Å². The fourth-order valence-electron chi connectivity index (χ4n) is 2.15. The summed E-state index contributed by atoms with van der Waals surface area (Å²) in [4.78, 5) is 2.59. The van der Waals surface area contributed by atoms with Gasteiger partial charge in [0.2, 0.25) is 0 Å². The van der Waals surface area contributed by atoms with Crippen LogP contribution in [0.15, 0.2) is 0 Å². The zero-order valence-corrected chi connectivity index (χ0v) is 11.1. The standard InChI is InChI=1S/C13H28N2O/c1-4-15(12-7-8-12)10-6-5-9-13(2,11-16)14-3/h12,14,16H,4-11H2,1-3H3. The molecule has 0 aromatic carbocycles. The van der Waals surface area contributed by atoms with Crippen molar-refractivity contribution in [1.82, 2.24) is 10.2 Å². The molecule has 2 N–H and O–H groups in total. The molecule has 1 saturated carbocycles. The van der Waals surface area contributed by atoms with Crippen molar-refractivity contribution in [3.63, 3.8) is 0 Å². The van der Waals surface area contributed by atoms with Gasteiger partial charge in [0, 0.05) is 11.6 Å². The van der Waals surface area contributed by atoms with Crippen LogP contribution in [-0.2, 0) is 0 Å². The first-order valence-electron chi connectivity index (χ1n) is 6.69. The van der Waals surface area contributed by atoms with Crippen molar-refractivity contribution in [2.45, 2.75) is 57.5 Å². The summed E-state index contributed by atoms with van der Waals surface area (Å²) < 4.78 is 0. The van der Waals surface area contributed by atoms with Crippen molar-refractivity contribution < 1.29 is 5.11 Å². The molecular weight excluding hydrogens is 200 g/mol. The molecule has 1 aliphatic carbocycles. The largest absolute Gasteiger partial charge is 0.394 e. The van der Waals surface area contributed by atoms with E-state index in [1.165, 1.54) is 38.8 Å². The molecule has 1 aliphatic rings. The van der Waals surface area contributed by atoms with E-state index in [0.717, 1.165) is 12.5 Å². The highest BCUT2D eigenvalue weighted by Gasteiger charge is 2.27. The molecule has 1 atom stereocenters. The van der Waals surface area contributed by atoms with E-state index in [0.29, 0.717) is 0 Å². The zero-order chi connectivity index (χ0) is 12.0. The molecule has 0 aromatic heterocycles. The van der Waals surface area contributed by atoms with Crippen molar-refractivity contribution in [2.75, 3.05) is 26.7 Å². The second kappa shape index (κ2) is 6.58. The maximum Gasteiger partial charge on any atom is 0.0610 e. The summed E-state index contributed by atoms with van der Waals surface area (Å²) in [6, 6.07) is 0.888. The second-order valence-corrected chi connectivity index (χ2v) is 5.29. The van der Waals surface area contributed by atoms with Gasteiger partial charge in [0.1, 0.15) is 0 Å². The maximum atomic E-state index is 9.27. The molecule has 3 nitrogen and oxygen atoms in total. The number of rotatable bonds is 9. The third-order valence-electron chi connectivity index (χ3n) is 3.85. The van der Waals surface area contributed by atoms with Crippen molar-refractivity contribution in [3.8, 4) is 0 Å². The minimum Gasteiger partial charge on any atom is -0.394 e. The van der Waals surface area contributed by atoms with E-state index in [4.69, 9.17) is 0 Å². The van der Waals surface area contributed by atoms with Crippen LogP contribution in [0.2, 0.25) is 0 Å². The number of aliphatic hydroxyl groups is 1. The highest BCUT2D eigenvalue weighted by Crippen LogP contribution is 2.26. The van der Waals surface area contributed by atoms with E-state index < -0.39 is 0 Å². The first-order valence-corrected chi connectivity index (χ1v) is 6.69. The fraction of sp³-hybridized carbons (Fsp3) is 1.00. The van der Waals surface area contributed by atoms with Gasteiger partial charge in [-0.25, -0.2) is 0 Å². The highest BCUT2D eigenvalue weighted by atomic mass is 16.3. The Morgan fingerprint density at radius 1 is 1.38 bits per heavy atom. The first-order chi connectivity index (χ1) is 7.65. The van der Waals surface area contributed by atoms with E-state index in [1.54, 1.807) is 0 Å². The first kappa shape index (κ1) is 13.9. The lowest BCUT2D eigenvalue weighted by atomic mass is 9.96. The molecule has 16 heavy (non-hydrogen) atoms. The number of hydrogen-bond donors (Lipinski definition) is 2. The quantitative estimate of drug-likeness (QED) is 0.589. The molecule has 0 saturated heterocycles. The normalized spacial score (nSPS) is 20.1. The number of unbranched alkanes of at least 4 members (excludes halogenated alkanes) is 1. The number of aliphatic hydroxyl groups excluding tert-OH is 1. The van der Waals surface area contributed by atoms with Crippen LogP contribution >= 0.6 is 0 Å². The van der Waals surface area contributed by atoms with Gasteiger partial charge >= 0.3 is 0 Å². The minimum atomic E-state index is -0.0867. The zero-order valence-electron chi connectivity index (χ0n) is 11.1. The Hall–Kier alpha value is -0.120. The van der Waals surface area contributed by atoms with Crippen LogP contribution < -0.4 is 5.32 Å². The van der Waals surface area contributed by atoms with Crippen LogP contribution in [0.1, 0.15) is 46.0 Å². The summed E-state index contributed by atoms with van der Waals surface area (Å²) in [5.74, 6) is 0. The van der Waals surface area contributed by atoms with Crippen molar-refractivity contribution in [2.24, 2.45) is 0 Å². The molecule has 0 spiro atoms. The summed E-state index contributed by atoms with van der Waals surface area (Å²) in [6.07, 6.45) is 6.31. The lowest BCUT2D eigenvalue weighted by Gasteiger charge is -2.27. The molecule has 0 amide bonds. The van der Waals surface area contributed by atoms with Crippen molar-refractivity contribution in [3.05, 3.63) is 0 Å². The molecular formula is C13H28N2O. The molecule has 0 radical (unpaired) electrons. The Morgan fingerprint density at radius 3 is 2.50 bits per heavy atom. The second-order valence-electron chi connectivity index (χ2n) is 5.29. The summed E-state index contributed by atoms with van der Waals surface area (Å²) in [5, 5.41) is 12.5. The molecule has 0 heterocycles. The summed E-state index contributed by atoms with van der Waals surface area (Å²) in [7, 11) is 1.93. The Morgan fingerprint density at radius 2 is 2.06 bits per heavy atom. The van der Waals surface area contributed by atoms with Gasteiger partial charge in [-0.15, -0.1) is 0 Å². The van der Waals surface area contributed by atoms with Gasteiger partial charge in [0.15, 0.2) is 0 Å². The third-order valence-corrected chi connectivity index (χ3v) is 3.85. The third kappa shape index (κ3) is 4.40. The Kier molecular flexibility index (Phi) is 5.73. The number of nitrogens with zero attached hydrogens (tertiary/aromatic N) is 1. The van der Waals surface area contributed by atoms with Crippen LogP contribution in [-0.4, -0.2) is 48.3 Å². The lowest BCUT2D eigenvalue weighted by molar-refractivity contribution is 0.168. The Labute approximate surface area is 100 Å². The molecule has 0 aromatic rings. The summed E-state index contributed by atoms with van der Waals surface area (Å²) in [5.41, 5.74) is -0.0867. The highest BCUT2D eigenvalue weighted by molar-refractivity contribution is 4.84. The number of likely N-dealkylation sites (N-methyl/N-ethyl adjacent to an activating group) is 1. The lowest BCUT2D eigenvalue weighted by Crippen LogP contribution is -2.43. The van der Waals surface area contributed by atoms with E-state index in [1.807, 2.05) is 7.05 Å². The molecule has 0 aliphatic heterocycles. The average Bonchev–Trinajstić information content (AvgIpc) is 3.13. The van der Waals surface area contributed by atoms with Gasteiger partial charge in [-0.05, 0) is 52.7 Å². The van der Waals surface area contributed by atoms with Gasteiger partial charge in [-0.3, -0.25) is 0 Å². The molecule has 3 heteroatoms. The minimum absolute atomic E-state index is 0.0867. The van der Waals surface area contributed by atoms with Gasteiger partial charge in [0.25, 0.3) is 0 Å². The molecule has 1 unspecified atom stereocenters. The van der Waals surface area contributed by atoms with E-state index in [2.05, 4.69) is 24.1 Å². The summed E-state index contributed by atoms with van der Waals surface area (Å²) in [6.45, 7) is 6.99. The van der Waals surface area contributed by atoms with Crippen LogP contribution in [0, 0.1) is 0 Å². The molecule has 96 valence electrons. The van der Waals surface area contributed by atoms with Crippen LogP contribution in [0.25, 0.3) is 0 Å². The monoisotopic (exact) mass is 228 g/mol. The molecule has 0 bridgehead atoms. The van der Waals surface area contributed by atoms with E-state index in [-0.39, 0.29) is 12.1 Å². The number of nitrogens with one attached hydrogen (secondary N) is 1. The Bertz CT molecular complexity index is 188. The van der Waals surface area contributed by atoms with Crippen LogP contribution in [0.5, 0.6) is 0 Å². The fourth-order valence-corrected chi connectivity index (χ4v) is 2.15. The Balaban J connectivity index is 2.10. The van der Waals surface area contributed by atoms with Gasteiger partial charge < -0.3 is 15.3 Å². The smallest absolute Gasteiger partial charge is 0.0610 e. The maximum absolute atomic E-state index is 9.27. The van der Waals surface area contributed by atoms with Crippen molar-refractivity contribution in [1.29, 1.82) is 0 Å². The topological polar surface area (TPSA) is 35.5 Å². The van der Waals surface area contributed by atoms with E-state index in [9.17, 15) is 5.11 Å². The molecule has 1 fully saturated rings. The van der Waals surface area contributed by atoms with Crippen LogP contribution in [0.3, 0.4) is 0 Å². The predicted molar refractivity (Wildman–Crippen MR) is 68.7 cm³/mol. The van der Waals surface area contributed by atoms with Gasteiger partial charge in [0.05, 0.1) is 6.61 Å². The van der Waals surface area contributed by atoms with Gasteiger partial charge in [-0.1, -0.05) is 13.3 Å². The van der Waals surface area contributed by atoms with Gasteiger partial charge in [-0.2, -0.15) is 0 Å². The van der Waals surface area contributed by atoms with Crippen molar-refractivity contribution >= 4 is 0 Å².